The summed E-state index contributed by atoms with van der Waals surface area (Å²) in [7, 11) is 0. The molecule has 0 aliphatic carbocycles. The minimum Gasteiger partial charge on any atom is -0.335 e. The van der Waals surface area contributed by atoms with Gasteiger partial charge in [0.15, 0.2) is 4.77 Å². The lowest BCUT2D eigenvalue weighted by Gasteiger charge is -2.15. The van der Waals surface area contributed by atoms with E-state index >= 15 is 0 Å². The second-order valence-corrected chi connectivity index (χ2v) is 5.38. The van der Waals surface area contributed by atoms with E-state index in [0.29, 0.717) is 16.7 Å². The molecule has 2 rings (SSSR count). The lowest BCUT2D eigenvalue weighted by Crippen LogP contribution is -3.11. The van der Waals surface area contributed by atoms with E-state index in [1.54, 1.807) is 9.47 Å². The predicted molar refractivity (Wildman–Crippen MR) is 84.9 cm³/mol. The molecule has 108 valence electrons. The van der Waals surface area contributed by atoms with Gasteiger partial charge in [0, 0.05) is 13.0 Å². The smallest absolute Gasteiger partial charge is 0.262 e. The molecule has 0 aliphatic rings. The molecule has 0 saturated heterocycles. The van der Waals surface area contributed by atoms with Crippen molar-refractivity contribution in [3.05, 3.63) is 39.4 Å². The third kappa shape index (κ3) is 3.16. The Morgan fingerprint density at radius 3 is 2.65 bits per heavy atom. The minimum atomic E-state index is 0.0129. The summed E-state index contributed by atoms with van der Waals surface area (Å²) in [4.78, 5) is 17.1. The van der Waals surface area contributed by atoms with Gasteiger partial charge in [-0.3, -0.25) is 9.36 Å². The third-order valence-corrected chi connectivity index (χ3v) is 4.12. The van der Waals surface area contributed by atoms with Crippen LogP contribution >= 0.6 is 12.2 Å². The fourth-order valence-electron chi connectivity index (χ4n) is 2.49. The summed E-state index contributed by atoms with van der Waals surface area (Å²) in [6.45, 7) is 8.37. The first-order chi connectivity index (χ1) is 9.67. The van der Waals surface area contributed by atoms with Crippen molar-refractivity contribution in [3.63, 3.8) is 0 Å². The summed E-state index contributed by atoms with van der Waals surface area (Å²) >= 11 is 5.30. The number of hydrogen-bond donors (Lipinski definition) is 2. The van der Waals surface area contributed by atoms with Crippen LogP contribution in [0.1, 0.15) is 20.3 Å². The van der Waals surface area contributed by atoms with Crippen LogP contribution in [0.3, 0.4) is 0 Å². The highest BCUT2D eigenvalue weighted by atomic mass is 32.1. The van der Waals surface area contributed by atoms with Gasteiger partial charge in [-0.1, -0.05) is 12.1 Å². The monoisotopic (exact) mass is 292 g/mol. The van der Waals surface area contributed by atoms with E-state index < -0.39 is 0 Å². The van der Waals surface area contributed by atoms with Crippen LogP contribution < -0.4 is 10.5 Å². The largest absolute Gasteiger partial charge is 0.335 e. The van der Waals surface area contributed by atoms with Crippen molar-refractivity contribution in [1.29, 1.82) is 0 Å². The van der Waals surface area contributed by atoms with Crippen LogP contribution in [0, 0.1) is 4.77 Å². The Morgan fingerprint density at radius 1 is 1.25 bits per heavy atom. The first kappa shape index (κ1) is 14.9. The van der Waals surface area contributed by atoms with Crippen LogP contribution in [0.2, 0.25) is 0 Å². The van der Waals surface area contributed by atoms with Crippen molar-refractivity contribution in [3.8, 4) is 0 Å². The van der Waals surface area contributed by atoms with Crippen LogP contribution in [-0.4, -0.2) is 29.2 Å². The van der Waals surface area contributed by atoms with Crippen molar-refractivity contribution in [2.45, 2.75) is 26.8 Å². The Hall–Kier alpha value is -1.46. The summed E-state index contributed by atoms with van der Waals surface area (Å²) in [5.74, 6) is 0. The molecular weight excluding hydrogens is 270 g/mol. The number of benzene rings is 1. The maximum Gasteiger partial charge on any atom is 0.262 e. The Balaban J connectivity index is 2.22. The number of rotatable bonds is 6. The first-order valence-electron chi connectivity index (χ1n) is 7.22. The predicted octanol–water partition coefficient (Wildman–Crippen LogP) is 1.37. The van der Waals surface area contributed by atoms with Crippen molar-refractivity contribution in [2.24, 2.45) is 0 Å². The molecular formula is C15H22N3OS+. The van der Waals surface area contributed by atoms with Gasteiger partial charge in [-0.05, 0) is 38.2 Å². The van der Waals surface area contributed by atoms with Crippen molar-refractivity contribution < 1.29 is 4.90 Å². The molecule has 0 spiro atoms. The first-order valence-corrected chi connectivity index (χ1v) is 7.63. The molecule has 1 aromatic heterocycles. The highest BCUT2D eigenvalue weighted by Crippen LogP contribution is 2.05. The third-order valence-electron chi connectivity index (χ3n) is 3.80. The van der Waals surface area contributed by atoms with Gasteiger partial charge in [0.2, 0.25) is 0 Å². The van der Waals surface area contributed by atoms with Gasteiger partial charge in [0.1, 0.15) is 0 Å². The van der Waals surface area contributed by atoms with E-state index in [1.165, 1.54) is 0 Å². The summed E-state index contributed by atoms with van der Waals surface area (Å²) in [5.41, 5.74) is 0.826. The topological polar surface area (TPSA) is 42.2 Å². The second-order valence-electron chi connectivity index (χ2n) is 4.99. The molecule has 0 amide bonds. The maximum absolute atomic E-state index is 12.4. The normalized spacial score (nSPS) is 11.3. The molecule has 0 atom stereocenters. The molecule has 0 radical (unpaired) electrons. The Labute approximate surface area is 124 Å². The van der Waals surface area contributed by atoms with Crippen molar-refractivity contribution in [1.82, 2.24) is 9.55 Å². The highest BCUT2D eigenvalue weighted by molar-refractivity contribution is 7.71. The van der Waals surface area contributed by atoms with E-state index in [1.807, 2.05) is 24.3 Å². The zero-order valence-electron chi connectivity index (χ0n) is 12.1. The average Bonchev–Trinajstić information content (AvgIpc) is 2.46. The van der Waals surface area contributed by atoms with Crippen molar-refractivity contribution in [2.75, 3.05) is 19.6 Å². The van der Waals surface area contributed by atoms with Crippen molar-refractivity contribution >= 4 is 23.1 Å². The van der Waals surface area contributed by atoms with Gasteiger partial charge in [0.25, 0.3) is 5.56 Å². The van der Waals surface area contributed by atoms with Gasteiger partial charge in [-0.2, -0.15) is 0 Å². The van der Waals surface area contributed by atoms with E-state index in [-0.39, 0.29) is 5.56 Å². The van der Waals surface area contributed by atoms with E-state index in [4.69, 9.17) is 12.2 Å². The molecule has 0 fully saturated rings. The molecule has 5 heteroatoms. The van der Waals surface area contributed by atoms with E-state index in [9.17, 15) is 4.79 Å². The lowest BCUT2D eigenvalue weighted by molar-refractivity contribution is -0.896. The molecule has 20 heavy (non-hydrogen) atoms. The maximum atomic E-state index is 12.4. The SMILES string of the molecule is CC[NH+](CC)CCCn1c(=S)[nH]c2ccccc2c1=O. The summed E-state index contributed by atoms with van der Waals surface area (Å²) in [6, 6.07) is 7.51. The summed E-state index contributed by atoms with van der Waals surface area (Å²) in [6.07, 6.45) is 0.965. The quantitative estimate of drug-likeness (QED) is 0.790. The molecule has 0 bridgehead atoms. The van der Waals surface area contributed by atoms with Gasteiger partial charge >= 0.3 is 0 Å². The number of aromatic nitrogens is 2. The summed E-state index contributed by atoms with van der Waals surface area (Å²) < 4.78 is 2.20. The number of nitrogens with zero attached hydrogens (tertiary/aromatic N) is 1. The lowest BCUT2D eigenvalue weighted by atomic mass is 10.2. The molecule has 1 aromatic carbocycles. The standard InChI is InChI=1S/C15H21N3OS/c1-3-17(4-2)10-7-11-18-14(19)12-8-5-6-9-13(12)16-15(18)20/h5-6,8-9H,3-4,7,10-11H2,1-2H3,(H,16,20)/p+1. The molecule has 1 heterocycles. The van der Waals surface area contributed by atoms with Crippen LogP contribution in [-0.2, 0) is 6.54 Å². The molecule has 4 nitrogen and oxygen atoms in total. The molecule has 2 aromatic rings. The number of hydrogen-bond acceptors (Lipinski definition) is 2. The zero-order chi connectivity index (χ0) is 14.5. The molecule has 2 N–H and O–H groups in total. The average molecular weight is 292 g/mol. The minimum absolute atomic E-state index is 0.0129. The number of para-hydroxylation sites is 1. The van der Waals surface area contributed by atoms with Gasteiger partial charge in [-0.15, -0.1) is 0 Å². The Bertz CT molecular complexity index is 685. The van der Waals surface area contributed by atoms with Crippen LogP contribution in [0.4, 0.5) is 0 Å². The van der Waals surface area contributed by atoms with Gasteiger partial charge in [-0.25, -0.2) is 0 Å². The number of H-pyrrole nitrogens is 1. The molecule has 0 saturated carbocycles. The van der Waals surface area contributed by atoms with Crippen LogP contribution in [0.15, 0.2) is 29.1 Å². The van der Waals surface area contributed by atoms with E-state index in [2.05, 4.69) is 18.8 Å². The Morgan fingerprint density at radius 2 is 1.95 bits per heavy atom. The summed E-state index contributed by atoms with van der Waals surface area (Å²) in [5, 5.41) is 0.705. The molecule has 0 unspecified atom stereocenters. The van der Waals surface area contributed by atoms with E-state index in [0.717, 1.165) is 31.6 Å². The Kier molecular flexibility index (Phi) is 5.09. The molecule has 0 aliphatic heterocycles. The zero-order valence-corrected chi connectivity index (χ0v) is 12.9. The highest BCUT2D eigenvalue weighted by Gasteiger charge is 2.07. The van der Waals surface area contributed by atoms with Gasteiger partial charge < -0.3 is 9.88 Å². The number of aromatic amines is 1. The second kappa shape index (κ2) is 6.81. The number of quaternary nitrogens is 1. The number of fused-ring (bicyclic) bond motifs is 1. The fraction of sp³-hybridized carbons (Fsp3) is 0.467. The van der Waals surface area contributed by atoms with Crippen LogP contribution in [0.25, 0.3) is 10.9 Å². The van der Waals surface area contributed by atoms with Crippen LogP contribution in [0.5, 0.6) is 0 Å². The fourth-order valence-corrected chi connectivity index (χ4v) is 2.78. The number of nitrogens with one attached hydrogen (secondary N) is 2. The van der Waals surface area contributed by atoms with Gasteiger partial charge in [0.05, 0.1) is 30.5 Å².